The van der Waals surface area contributed by atoms with E-state index in [1.165, 1.54) is 0 Å². The van der Waals surface area contributed by atoms with Gasteiger partial charge in [0.15, 0.2) is 5.84 Å². The van der Waals surface area contributed by atoms with Gasteiger partial charge in [0.2, 0.25) is 0 Å². The fourth-order valence-electron chi connectivity index (χ4n) is 2.80. The molecule has 3 aromatic heterocycles. The zero-order valence-electron chi connectivity index (χ0n) is 13.1. The van der Waals surface area contributed by atoms with Crippen LogP contribution in [-0.2, 0) is 0 Å². The molecule has 0 spiro atoms. The van der Waals surface area contributed by atoms with Crippen LogP contribution in [0.25, 0.3) is 26.7 Å². The number of halogens is 1. The minimum atomic E-state index is -0.254. The number of hydrogen-bond acceptors (Lipinski definition) is 6. The molecular weight excluding hydrogens is 465 g/mol. The number of aromatic nitrogens is 3. The second-order valence-corrected chi connectivity index (χ2v) is 9.02. The number of fused-ring (bicyclic) bond motifs is 1. The van der Waals surface area contributed by atoms with Gasteiger partial charge in [-0.15, -0.1) is 22.7 Å². The number of thiazole rings is 2. The van der Waals surface area contributed by atoms with Gasteiger partial charge >= 0.3 is 0 Å². The highest BCUT2D eigenvalue weighted by molar-refractivity contribution is 14.2. The summed E-state index contributed by atoms with van der Waals surface area (Å²) in [7, 11) is 0. The second-order valence-electron chi connectivity index (χ2n) is 5.46. The Labute approximate surface area is 162 Å². The summed E-state index contributed by atoms with van der Waals surface area (Å²) in [4.78, 5) is 7.25. The molecule has 0 saturated carbocycles. The van der Waals surface area contributed by atoms with Crippen molar-refractivity contribution in [2.75, 3.05) is 0 Å². The Bertz CT molecular complexity index is 1140. The summed E-state index contributed by atoms with van der Waals surface area (Å²) in [5.74, 6) is 0.947. The van der Waals surface area contributed by atoms with Crippen LogP contribution in [0, 0.1) is 6.92 Å². The number of rotatable bonds is 3. The fraction of sp³-hybridized carbons (Fsp3) is 0.0588. The largest absolute Gasteiger partial charge is 0.339 e. The zero-order valence-corrected chi connectivity index (χ0v) is 16.9. The van der Waals surface area contributed by atoms with E-state index >= 15 is 0 Å². The van der Waals surface area contributed by atoms with Crippen LogP contribution in [0.1, 0.15) is 10.6 Å². The van der Waals surface area contributed by atoms with Crippen molar-refractivity contribution in [2.45, 2.75) is 6.92 Å². The van der Waals surface area contributed by atoms with Crippen molar-refractivity contribution < 1.29 is 0 Å². The second kappa shape index (κ2) is 6.11. The number of nitrogens with one attached hydrogen (secondary N) is 1. The molecule has 0 aliphatic carbocycles. The van der Waals surface area contributed by atoms with Crippen LogP contribution >= 0.6 is 43.7 Å². The van der Waals surface area contributed by atoms with E-state index in [9.17, 15) is 0 Å². The van der Waals surface area contributed by atoms with E-state index in [0.29, 0.717) is 0 Å². The first-order chi connectivity index (χ1) is 12.3. The standard InChI is InChI=1S/C17H12IN5S2/c1-10-12(17-23(22-10)7-8-24-17)16-20-13(11-5-3-2-4-6-11)14(25-16)15-19-9-18-21-15/h2-9H,1H3,(H,19,21). The summed E-state index contributed by atoms with van der Waals surface area (Å²) in [5.41, 5.74) is 4.23. The first kappa shape index (κ1) is 15.4. The minimum absolute atomic E-state index is 0.254. The van der Waals surface area contributed by atoms with E-state index in [1.54, 1.807) is 22.7 Å². The number of nitrogens with zero attached hydrogens (tertiary/aromatic N) is 4. The molecule has 5 rings (SSSR count). The molecule has 0 radical (unpaired) electrons. The van der Waals surface area contributed by atoms with Gasteiger partial charge in [-0.2, -0.15) is 5.10 Å². The first-order valence-electron chi connectivity index (χ1n) is 7.59. The van der Waals surface area contributed by atoms with Gasteiger partial charge in [0.1, 0.15) is 9.84 Å². The van der Waals surface area contributed by atoms with Gasteiger partial charge in [-0.3, -0.25) is 0 Å². The Morgan fingerprint density at radius 2 is 2.08 bits per heavy atom. The molecule has 4 aromatic rings. The van der Waals surface area contributed by atoms with Gasteiger partial charge in [-0.05, 0) is 6.92 Å². The predicted octanol–water partition coefficient (Wildman–Crippen LogP) is 4.49. The van der Waals surface area contributed by atoms with Gasteiger partial charge in [0.05, 0.1) is 26.0 Å². The highest BCUT2D eigenvalue weighted by Crippen LogP contribution is 2.39. The molecule has 25 heavy (non-hydrogen) atoms. The number of hydrogen-bond donors (Lipinski definition) is 1. The van der Waals surface area contributed by atoms with Crippen molar-refractivity contribution in [2.24, 2.45) is 3.21 Å². The number of benzene rings is 1. The monoisotopic (exact) mass is 477 g/mol. The van der Waals surface area contributed by atoms with Crippen molar-refractivity contribution in [1.29, 1.82) is 0 Å². The van der Waals surface area contributed by atoms with Gasteiger partial charge in [0, 0.05) is 38.1 Å². The Kier molecular flexibility index (Phi) is 3.75. The van der Waals surface area contributed by atoms with Gasteiger partial charge in [-0.1, -0.05) is 30.3 Å². The zero-order chi connectivity index (χ0) is 16.8. The summed E-state index contributed by atoms with van der Waals surface area (Å²) in [5, 5.41) is 11.0. The van der Waals surface area contributed by atoms with Crippen molar-refractivity contribution in [1.82, 2.24) is 19.9 Å². The Morgan fingerprint density at radius 1 is 1.20 bits per heavy atom. The number of amidine groups is 1. The molecule has 1 N–H and O–H groups in total. The Morgan fingerprint density at radius 3 is 2.88 bits per heavy atom. The van der Waals surface area contributed by atoms with Gasteiger partial charge < -0.3 is 5.32 Å². The van der Waals surface area contributed by atoms with Crippen LogP contribution < -0.4 is 5.32 Å². The van der Waals surface area contributed by atoms with Crippen LogP contribution in [0.3, 0.4) is 0 Å². The smallest absolute Gasteiger partial charge is 0.155 e. The summed E-state index contributed by atoms with van der Waals surface area (Å²) in [6, 6.07) is 10.3. The van der Waals surface area contributed by atoms with E-state index in [0.717, 1.165) is 43.1 Å². The average Bonchev–Trinajstić information content (AvgIpc) is 3.39. The maximum atomic E-state index is 5.01. The molecule has 0 fully saturated rings. The van der Waals surface area contributed by atoms with Crippen molar-refractivity contribution in [3.8, 4) is 21.8 Å². The highest BCUT2D eigenvalue weighted by atomic mass is 127. The quantitative estimate of drug-likeness (QED) is 0.443. The fourth-order valence-corrected chi connectivity index (χ4v) is 6.27. The highest BCUT2D eigenvalue weighted by Gasteiger charge is 2.23. The van der Waals surface area contributed by atoms with Crippen LogP contribution in [0.5, 0.6) is 0 Å². The predicted molar refractivity (Wildman–Crippen MR) is 114 cm³/mol. The third kappa shape index (κ3) is 2.55. The van der Waals surface area contributed by atoms with E-state index < -0.39 is 0 Å². The average molecular weight is 477 g/mol. The lowest BCUT2D eigenvalue weighted by Gasteiger charge is -2.02. The molecule has 1 aromatic carbocycles. The lowest BCUT2D eigenvalue weighted by molar-refractivity contribution is 0.948. The maximum Gasteiger partial charge on any atom is 0.155 e. The van der Waals surface area contributed by atoms with Crippen molar-refractivity contribution >= 4 is 58.5 Å². The lowest BCUT2D eigenvalue weighted by Crippen LogP contribution is -2.17. The van der Waals surface area contributed by atoms with E-state index in [-0.39, 0.29) is 21.0 Å². The molecule has 1 aliphatic heterocycles. The van der Waals surface area contributed by atoms with Crippen LogP contribution in [0.15, 0.2) is 45.1 Å². The van der Waals surface area contributed by atoms with Crippen LogP contribution in [0.4, 0.5) is 0 Å². The first-order valence-corrected chi connectivity index (χ1v) is 11.5. The molecule has 0 bridgehead atoms. The number of aryl methyl sites for hydroxylation is 1. The van der Waals surface area contributed by atoms with Gasteiger partial charge in [0.25, 0.3) is 0 Å². The molecule has 8 heteroatoms. The van der Waals surface area contributed by atoms with Gasteiger partial charge in [-0.25, -0.2) is 12.7 Å². The molecule has 0 atom stereocenters. The molecule has 124 valence electrons. The van der Waals surface area contributed by atoms with E-state index in [4.69, 9.17) is 4.98 Å². The third-order valence-electron chi connectivity index (χ3n) is 3.90. The Hall–Kier alpha value is -1.91. The van der Waals surface area contributed by atoms with Crippen molar-refractivity contribution in [3.63, 3.8) is 0 Å². The molecular formula is C17H12IN5S2. The third-order valence-corrected chi connectivity index (χ3v) is 7.20. The Balaban J connectivity index is 1.74. The lowest BCUT2D eigenvalue weighted by atomic mass is 10.1. The summed E-state index contributed by atoms with van der Waals surface area (Å²) >= 11 is 3.13. The molecule has 0 amide bonds. The normalized spacial score (nSPS) is 13.7. The van der Waals surface area contributed by atoms with Crippen LogP contribution in [0.2, 0.25) is 0 Å². The molecule has 5 nitrogen and oxygen atoms in total. The summed E-state index contributed by atoms with van der Waals surface area (Å²) < 4.78 is 8.68. The summed E-state index contributed by atoms with van der Waals surface area (Å²) in [6.45, 7) is 2.04. The molecule has 0 saturated heterocycles. The minimum Gasteiger partial charge on any atom is -0.339 e. The van der Waals surface area contributed by atoms with E-state index in [2.05, 4.69) is 35.3 Å². The molecule has 4 heterocycles. The topological polar surface area (TPSA) is 54.6 Å². The molecule has 0 unspecified atom stereocenters. The molecule has 1 aliphatic rings. The van der Waals surface area contributed by atoms with E-state index in [1.807, 2.05) is 35.8 Å². The van der Waals surface area contributed by atoms with Crippen LogP contribution in [-0.4, -0.2) is 24.6 Å². The summed E-state index contributed by atoms with van der Waals surface area (Å²) in [6.07, 6.45) is 1.99. The maximum absolute atomic E-state index is 5.01. The SMILES string of the molecule is Cc1nn2ccsc2c1-c1nc(-c2ccccc2)c(C2=NI=CN2)s1. The van der Waals surface area contributed by atoms with Crippen molar-refractivity contribution in [3.05, 3.63) is 52.5 Å².